The fraction of sp³-hybridized carbons (Fsp3) is 0.400. The lowest BCUT2D eigenvalue weighted by atomic mass is 10.1. The van der Waals surface area contributed by atoms with Gasteiger partial charge in [-0.25, -0.2) is 0 Å². The van der Waals surface area contributed by atoms with E-state index in [9.17, 15) is 14.4 Å². The molecule has 2 aliphatic rings. The molecule has 12 heavy (non-hydrogen) atoms. The molecule has 0 fully saturated rings. The molecule has 0 amide bonds. The van der Waals surface area contributed by atoms with Crippen LogP contribution in [0.15, 0.2) is 20.5 Å². The fourth-order valence-electron chi connectivity index (χ4n) is 0.773. The number of hydrogen-bond donors (Lipinski definition) is 0. The van der Waals surface area contributed by atoms with Crippen molar-refractivity contribution in [2.75, 3.05) is 6.54 Å². The Balaban J connectivity index is 2.38. The zero-order valence-corrected chi connectivity index (χ0v) is 5.72. The van der Waals surface area contributed by atoms with Crippen LogP contribution in [0.25, 0.3) is 0 Å². The molecule has 0 aromatic rings. The standard InChI is InChI=1S/C5H2N4O3/c10-2-1-6-7-5(8-9-5)4(12)3(2)11/h1H2. The van der Waals surface area contributed by atoms with Gasteiger partial charge in [-0.1, -0.05) is 0 Å². The quantitative estimate of drug-likeness (QED) is 0.443. The molecular formula is C5H2N4O3. The summed E-state index contributed by atoms with van der Waals surface area (Å²) in [5, 5.41) is 13.2. The van der Waals surface area contributed by atoms with E-state index in [0.717, 1.165) is 0 Å². The molecule has 2 rings (SSSR count). The maximum atomic E-state index is 11.0. The van der Waals surface area contributed by atoms with E-state index < -0.39 is 29.7 Å². The molecule has 0 bridgehead atoms. The SMILES string of the molecule is O=C1CN=NC2(N=N2)C(=O)C1=O. The minimum Gasteiger partial charge on any atom is -0.288 e. The van der Waals surface area contributed by atoms with Gasteiger partial charge in [-0.05, 0) is 0 Å². The van der Waals surface area contributed by atoms with Gasteiger partial charge < -0.3 is 0 Å². The van der Waals surface area contributed by atoms with E-state index in [0.29, 0.717) is 0 Å². The molecule has 7 nitrogen and oxygen atoms in total. The predicted octanol–water partition coefficient (Wildman–Crippen LogP) is -0.721. The van der Waals surface area contributed by atoms with Crippen LogP contribution < -0.4 is 0 Å². The van der Waals surface area contributed by atoms with Crippen molar-refractivity contribution in [2.45, 2.75) is 5.79 Å². The van der Waals surface area contributed by atoms with Gasteiger partial charge in [0, 0.05) is 0 Å². The summed E-state index contributed by atoms with van der Waals surface area (Å²) < 4.78 is 0. The van der Waals surface area contributed by atoms with Crippen LogP contribution in [0.4, 0.5) is 0 Å². The lowest BCUT2D eigenvalue weighted by molar-refractivity contribution is -0.144. The summed E-state index contributed by atoms with van der Waals surface area (Å²) in [4.78, 5) is 32.6. The van der Waals surface area contributed by atoms with Crippen molar-refractivity contribution in [3.8, 4) is 0 Å². The summed E-state index contributed by atoms with van der Waals surface area (Å²) in [6, 6.07) is 0. The minimum atomic E-state index is -1.68. The van der Waals surface area contributed by atoms with E-state index >= 15 is 0 Å². The number of azo groups is 1. The molecule has 0 saturated heterocycles. The maximum absolute atomic E-state index is 11.0. The minimum absolute atomic E-state index is 0.392. The van der Waals surface area contributed by atoms with Crippen molar-refractivity contribution in [3.05, 3.63) is 0 Å². The first-order valence-electron chi connectivity index (χ1n) is 3.10. The second-order valence-electron chi connectivity index (χ2n) is 2.32. The highest BCUT2D eigenvalue weighted by molar-refractivity contribution is 6.66. The van der Waals surface area contributed by atoms with Gasteiger partial charge in [0.1, 0.15) is 6.54 Å². The number of carbonyl (C=O) groups is 3. The van der Waals surface area contributed by atoms with Crippen molar-refractivity contribution < 1.29 is 14.4 Å². The molecule has 7 heteroatoms. The van der Waals surface area contributed by atoms with Gasteiger partial charge >= 0.3 is 5.79 Å². The Labute approximate surface area is 65.6 Å². The second-order valence-corrected chi connectivity index (χ2v) is 2.32. The molecule has 0 aromatic carbocycles. The van der Waals surface area contributed by atoms with E-state index in [-0.39, 0.29) is 0 Å². The van der Waals surface area contributed by atoms with Crippen LogP contribution in [-0.2, 0) is 14.4 Å². The zero-order chi connectivity index (χ0) is 8.77. The fourth-order valence-corrected chi connectivity index (χ4v) is 0.773. The lowest BCUT2D eigenvalue weighted by Crippen LogP contribution is -2.33. The van der Waals surface area contributed by atoms with Gasteiger partial charge in [0.2, 0.25) is 5.78 Å². The number of rotatable bonds is 0. The summed E-state index contributed by atoms with van der Waals surface area (Å²) in [6.07, 6.45) is 0. The summed E-state index contributed by atoms with van der Waals surface area (Å²) >= 11 is 0. The lowest BCUT2D eigenvalue weighted by Gasteiger charge is -1.93. The van der Waals surface area contributed by atoms with Gasteiger partial charge in [-0.2, -0.15) is 5.11 Å². The van der Waals surface area contributed by atoms with Crippen LogP contribution in [0.2, 0.25) is 0 Å². The number of hydrogen-bond acceptors (Lipinski definition) is 7. The highest BCUT2D eigenvalue weighted by Crippen LogP contribution is 2.32. The largest absolute Gasteiger partial charge is 0.365 e. The zero-order valence-electron chi connectivity index (χ0n) is 5.72. The number of carbonyl (C=O) groups excluding carboxylic acids is 3. The average Bonchev–Trinajstić information content (AvgIpc) is 2.82. The number of Topliss-reactive ketones (excluding diaryl/α,β-unsaturated/α-hetero) is 3. The molecule has 0 radical (unpaired) electrons. The average molecular weight is 166 g/mol. The molecule has 60 valence electrons. The smallest absolute Gasteiger partial charge is 0.288 e. The molecule has 0 aromatic heterocycles. The van der Waals surface area contributed by atoms with E-state index in [1.165, 1.54) is 0 Å². The Kier molecular flexibility index (Phi) is 1.08. The van der Waals surface area contributed by atoms with Gasteiger partial charge in [0.25, 0.3) is 11.6 Å². The number of ketones is 3. The van der Waals surface area contributed by atoms with E-state index in [1.807, 2.05) is 0 Å². The van der Waals surface area contributed by atoms with Crippen molar-refractivity contribution in [2.24, 2.45) is 20.5 Å². The molecule has 0 N–H and O–H groups in total. The Bertz CT molecular complexity index is 350. The van der Waals surface area contributed by atoms with Gasteiger partial charge in [0.05, 0.1) is 0 Å². The Morgan fingerprint density at radius 1 is 1.08 bits per heavy atom. The van der Waals surface area contributed by atoms with E-state index in [4.69, 9.17) is 0 Å². The van der Waals surface area contributed by atoms with E-state index in [1.54, 1.807) is 0 Å². The molecule has 2 aliphatic heterocycles. The molecular weight excluding hydrogens is 164 g/mol. The molecule has 2 heterocycles. The third-order valence-corrected chi connectivity index (χ3v) is 1.48. The first-order valence-corrected chi connectivity index (χ1v) is 3.10. The van der Waals surface area contributed by atoms with Crippen LogP contribution in [-0.4, -0.2) is 29.7 Å². The van der Waals surface area contributed by atoms with Crippen molar-refractivity contribution in [1.29, 1.82) is 0 Å². The highest BCUT2D eigenvalue weighted by atomic mass is 16.2. The summed E-state index contributed by atoms with van der Waals surface area (Å²) in [6.45, 7) is -0.392. The first kappa shape index (κ1) is 6.89. The third-order valence-electron chi connectivity index (χ3n) is 1.48. The van der Waals surface area contributed by atoms with Gasteiger partial charge in [-0.15, -0.1) is 15.3 Å². The highest BCUT2D eigenvalue weighted by Gasteiger charge is 2.55. The first-order chi connectivity index (χ1) is 5.66. The molecule has 0 unspecified atom stereocenters. The second kappa shape index (κ2) is 1.87. The predicted molar refractivity (Wildman–Crippen MR) is 32.3 cm³/mol. The van der Waals surface area contributed by atoms with Crippen molar-refractivity contribution >= 4 is 17.3 Å². The van der Waals surface area contributed by atoms with Crippen LogP contribution >= 0.6 is 0 Å². The molecule has 0 aliphatic carbocycles. The monoisotopic (exact) mass is 166 g/mol. The van der Waals surface area contributed by atoms with Crippen LogP contribution in [0, 0.1) is 0 Å². The topological polar surface area (TPSA) is 101 Å². The summed E-state index contributed by atoms with van der Waals surface area (Å²) in [7, 11) is 0. The third kappa shape index (κ3) is 0.728. The van der Waals surface area contributed by atoms with Gasteiger partial charge in [0.15, 0.2) is 0 Å². The van der Waals surface area contributed by atoms with Crippen molar-refractivity contribution in [3.63, 3.8) is 0 Å². The molecule has 1 spiro atoms. The Morgan fingerprint density at radius 2 is 1.75 bits per heavy atom. The van der Waals surface area contributed by atoms with Crippen LogP contribution in [0.3, 0.4) is 0 Å². The molecule has 0 atom stereocenters. The summed E-state index contributed by atoms with van der Waals surface area (Å²) in [5.41, 5.74) is 0. The van der Waals surface area contributed by atoms with Crippen molar-refractivity contribution in [1.82, 2.24) is 0 Å². The Morgan fingerprint density at radius 3 is 2.33 bits per heavy atom. The normalized spacial score (nSPS) is 24.8. The van der Waals surface area contributed by atoms with Crippen LogP contribution in [0.5, 0.6) is 0 Å². The summed E-state index contributed by atoms with van der Waals surface area (Å²) in [5.74, 6) is -4.67. The Hall–Kier alpha value is -1.79. The van der Waals surface area contributed by atoms with Crippen LogP contribution in [0.1, 0.15) is 0 Å². The molecule has 0 saturated carbocycles. The number of nitrogens with zero attached hydrogens (tertiary/aromatic N) is 4. The van der Waals surface area contributed by atoms with E-state index in [2.05, 4.69) is 20.5 Å². The maximum Gasteiger partial charge on any atom is 0.365 e. The van der Waals surface area contributed by atoms with Gasteiger partial charge in [-0.3, -0.25) is 14.4 Å².